The Kier molecular flexibility index (Phi) is 11.7. The highest BCUT2D eigenvalue weighted by Crippen LogP contribution is 2.09. The lowest BCUT2D eigenvalue weighted by atomic mass is 10.2. The molecule has 29 heavy (non-hydrogen) atoms. The van der Waals surface area contributed by atoms with Gasteiger partial charge in [-0.2, -0.15) is 0 Å². The molecule has 0 aliphatic heterocycles. The number of carbonyl (C=O) groups excluding carboxylic acids is 1. The van der Waals surface area contributed by atoms with E-state index in [1.165, 1.54) is 4.88 Å². The molecular formula is C20H31IN4O3S. The average Bonchev–Trinajstić information content (AvgIpc) is 3.31. The van der Waals surface area contributed by atoms with Crippen LogP contribution < -0.4 is 16.0 Å². The summed E-state index contributed by atoms with van der Waals surface area (Å²) in [5.41, 5.74) is -0.484. The monoisotopic (exact) mass is 534 g/mol. The molecule has 0 aliphatic rings. The Labute approximate surface area is 193 Å². The molecule has 0 bridgehead atoms. The summed E-state index contributed by atoms with van der Waals surface area (Å²) in [5, 5.41) is 11.4. The van der Waals surface area contributed by atoms with Gasteiger partial charge in [-0.15, -0.1) is 35.3 Å². The SMILES string of the molecule is CC(C)(C)OC(=O)NCCCNC(=NCc1cccs1)NCCc1ccco1.I. The Hall–Kier alpha value is -1.75. The maximum Gasteiger partial charge on any atom is 0.407 e. The summed E-state index contributed by atoms with van der Waals surface area (Å²) in [6.45, 7) is 8.11. The van der Waals surface area contributed by atoms with Crippen LogP contribution in [0.4, 0.5) is 4.79 Å². The van der Waals surface area contributed by atoms with Crippen molar-refractivity contribution in [3.63, 3.8) is 0 Å². The third-order valence-electron chi connectivity index (χ3n) is 3.53. The van der Waals surface area contributed by atoms with Gasteiger partial charge >= 0.3 is 6.09 Å². The maximum absolute atomic E-state index is 11.6. The lowest BCUT2D eigenvalue weighted by molar-refractivity contribution is 0.0527. The maximum atomic E-state index is 11.6. The van der Waals surface area contributed by atoms with Crippen LogP contribution in [0, 0.1) is 0 Å². The molecule has 7 nitrogen and oxygen atoms in total. The fourth-order valence-electron chi connectivity index (χ4n) is 2.29. The number of thiophene rings is 1. The van der Waals surface area contributed by atoms with E-state index in [1.807, 2.05) is 44.4 Å². The normalized spacial score (nSPS) is 11.5. The van der Waals surface area contributed by atoms with Crippen molar-refractivity contribution < 1.29 is 13.9 Å². The predicted molar refractivity (Wildman–Crippen MR) is 128 cm³/mol. The minimum absolute atomic E-state index is 0. The Morgan fingerprint density at radius 2 is 1.90 bits per heavy atom. The van der Waals surface area contributed by atoms with Gasteiger partial charge in [0.05, 0.1) is 12.8 Å². The number of nitrogens with zero attached hydrogens (tertiary/aromatic N) is 1. The van der Waals surface area contributed by atoms with E-state index in [0.29, 0.717) is 19.6 Å². The Balaban J connectivity index is 0.00000420. The average molecular weight is 534 g/mol. The van der Waals surface area contributed by atoms with Crippen molar-refractivity contribution >= 4 is 47.4 Å². The summed E-state index contributed by atoms with van der Waals surface area (Å²) in [4.78, 5) is 17.5. The number of hydrogen-bond acceptors (Lipinski definition) is 5. The van der Waals surface area contributed by atoms with E-state index in [0.717, 1.165) is 31.1 Å². The molecule has 0 aromatic carbocycles. The second-order valence-electron chi connectivity index (χ2n) is 7.21. The van der Waals surface area contributed by atoms with Crippen molar-refractivity contribution in [3.05, 3.63) is 46.5 Å². The van der Waals surface area contributed by atoms with Crippen LogP contribution in [0.25, 0.3) is 0 Å². The highest BCUT2D eigenvalue weighted by molar-refractivity contribution is 14.0. The number of guanidine groups is 1. The van der Waals surface area contributed by atoms with E-state index in [9.17, 15) is 4.79 Å². The molecule has 0 atom stereocenters. The Morgan fingerprint density at radius 1 is 1.14 bits per heavy atom. The van der Waals surface area contributed by atoms with Crippen LogP contribution in [-0.4, -0.2) is 37.3 Å². The number of nitrogens with one attached hydrogen (secondary N) is 3. The molecule has 2 rings (SSSR count). The zero-order chi connectivity index (χ0) is 20.2. The zero-order valence-electron chi connectivity index (χ0n) is 17.2. The number of amides is 1. The van der Waals surface area contributed by atoms with Crippen LogP contribution in [0.3, 0.4) is 0 Å². The van der Waals surface area contributed by atoms with E-state index in [1.54, 1.807) is 17.6 Å². The van der Waals surface area contributed by atoms with Crippen molar-refractivity contribution in [2.75, 3.05) is 19.6 Å². The molecular weight excluding hydrogens is 503 g/mol. The van der Waals surface area contributed by atoms with Crippen molar-refractivity contribution in [2.24, 2.45) is 4.99 Å². The van der Waals surface area contributed by atoms with E-state index in [2.05, 4.69) is 27.0 Å². The number of furan rings is 1. The molecule has 2 heterocycles. The topological polar surface area (TPSA) is 87.9 Å². The van der Waals surface area contributed by atoms with Gasteiger partial charge in [-0.1, -0.05) is 6.07 Å². The number of aliphatic imine (C=N–C) groups is 1. The standard InChI is InChI=1S/C20H30N4O3S.HI/c1-20(2,3)27-19(25)23-11-6-10-21-18(24-15-17-8-5-14-28-17)22-12-9-16-7-4-13-26-16;/h4-5,7-8,13-14H,6,9-12,15H2,1-3H3,(H,23,25)(H2,21,22,24);1H. The van der Waals surface area contributed by atoms with Crippen LogP contribution in [0.2, 0.25) is 0 Å². The smallest absolute Gasteiger partial charge is 0.407 e. The summed E-state index contributed by atoms with van der Waals surface area (Å²) >= 11 is 1.69. The summed E-state index contributed by atoms with van der Waals surface area (Å²) in [6.07, 6.45) is 2.83. The fraction of sp³-hybridized carbons (Fsp3) is 0.500. The number of ether oxygens (including phenoxy) is 1. The van der Waals surface area contributed by atoms with Gasteiger partial charge in [0.25, 0.3) is 0 Å². The van der Waals surface area contributed by atoms with E-state index in [4.69, 9.17) is 9.15 Å². The molecule has 0 aliphatic carbocycles. The first-order valence-corrected chi connectivity index (χ1v) is 10.3. The molecule has 9 heteroatoms. The summed E-state index contributed by atoms with van der Waals surface area (Å²) in [5.74, 6) is 1.68. The quantitative estimate of drug-likeness (QED) is 0.195. The second kappa shape index (κ2) is 13.5. The first-order chi connectivity index (χ1) is 13.4. The van der Waals surface area contributed by atoms with Gasteiger partial charge in [0, 0.05) is 30.9 Å². The minimum atomic E-state index is -0.484. The number of carbonyl (C=O) groups is 1. The van der Waals surface area contributed by atoms with Crippen LogP contribution in [0.15, 0.2) is 45.3 Å². The minimum Gasteiger partial charge on any atom is -0.469 e. The number of rotatable bonds is 9. The fourth-order valence-corrected chi connectivity index (χ4v) is 2.92. The summed E-state index contributed by atoms with van der Waals surface area (Å²) in [7, 11) is 0. The van der Waals surface area contributed by atoms with Gasteiger partial charge < -0.3 is 25.1 Å². The first kappa shape index (κ1) is 25.3. The first-order valence-electron chi connectivity index (χ1n) is 9.46. The van der Waals surface area contributed by atoms with E-state index in [-0.39, 0.29) is 24.0 Å². The molecule has 0 radical (unpaired) electrons. The highest BCUT2D eigenvalue weighted by Gasteiger charge is 2.15. The predicted octanol–water partition coefficient (Wildman–Crippen LogP) is 4.15. The highest BCUT2D eigenvalue weighted by atomic mass is 127. The second-order valence-corrected chi connectivity index (χ2v) is 8.24. The third kappa shape index (κ3) is 11.7. The van der Waals surface area contributed by atoms with E-state index < -0.39 is 11.7 Å². The molecule has 0 unspecified atom stereocenters. The molecule has 0 spiro atoms. The van der Waals surface area contributed by atoms with Crippen LogP contribution in [0.1, 0.15) is 37.8 Å². The van der Waals surface area contributed by atoms with E-state index >= 15 is 0 Å². The van der Waals surface area contributed by atoms with Gasteiger partial charge in [-0.25, -0.2) is 9.79 Å². The Bertz CT molecular complexity index is 713. The van der Waals surface area contributed by atoms with Gasteiger partial charge in [0.2, 0.25) is 0 Å². The van der Waals surface area contributed by atoms with Crippen molar-refractivity contribution in [1.29, 1.82) is 0 Å². The van der Waals surface area contributed by atoms with Crippen LogP contribution in [0.5, 0.6) is 0 Å². The number of halogens is 1. The third-order valence-corrected chi connectivity index (χ3v) is 4.39. The lowest BCUT2D eigenvalue weighted by Crippen LogP contribution is -2.40. The summed E-state index contributed by atoms with van der Waals surface area (Å²) in [6, 6.07) is 7.94. The van der Waals surface area contributed by atoms with Gasteiger partial charge in [0.1, 0.15) is 11.4 Å². The number of hydrogen-bond donors (Lipinski definition) is 3. The van der Waals surface area contributed by atoms with Crippen molar-refractivity contribution in [3.8, 4) is 0 Å². The largest absolute Gasteiger partial charge is 0.469 e. The van der Waals surface area contributed by atoms with Crippen molar-refractivity contribution in [2.45, 2.75) is 45.8 Å². The zero-order valence-corrected chi connectivity index (χ0v) is 20.3. The number of alkyl carbamates (subject to hydrolysis) is 1. The van der Waals surface area contributed by atoms with Crippen LogP contribution in [-0.2, 0) is 17.7 Å². The molecule has 0 saturated heterocycles. The molecule has 1 amide bonds. The molecule has 3 N–H and O–H groups in total. The van der Waals surface area contributed by atoms with Gasteiger partial charge in [-0.05, 0) is 50.8 Å². The summed E-state index contributed by atoms with van der Waals surface area (Å²) < 4.78 is 10.6. The Morgan fingerprint density at radius 3 is 2.55 bits per heavy atom. The van der Waals surface area contributed by atoms with Gasteiger partial charge in [-0.3, -0.25) is 0 Å². The van der Waals surface area contributed by atoms with Gasteiger partial charge in [0.15, 0.2) is 5.96 Å². The van der Waals surface area contributed by atoms with Crippen molar-refractivity contribution in [1.82, 2.24) is 16.0 Å². The van der Waals surface area contributed by atoms with Crippen LogP contribution >= 0.6 is 35.3 Å². The molecule has 162 valence electrons. The lowest BCUT2D eigenvalue weighted by Gasteiger charge is -2.19. The molecule has 2 aromatic rings. The molecule has 2 aromatic heterocycles. The molecule has 0 fully saturated rings. The molecule has 0 saturated carbocycles.